The van der Waals surface area contributed by atoms with Gasteiger partial charge < -0.3 is 9.73 Å². The molecule has 2 aromatic rings. The van der Waals surface area contributed by atoms with E-state index in [0.717, 1.165) is 17.7 Å². The topological polar surface area (TPSA) is 42.2 Å². The molecule has 0 spiro atoms. The fourth-order valence-electron chi connectivity index (χ4n) is 1.69. The number of hydrogen-bond donors (Lipinski definition) is 1. The Bertz CT molecular complexity index is 576. The lowest BCUT2D eigenvalue weighted by atomic mass is 10.1. The van der Waals surface area contributed by atoms with Gasteiger partial charge in [0.05, 0.1) is 18.1 Å². The molecule has 0 atom stereocenters. The quantitative estimate of drug-likeness (QED) is 0.935. The molecular formula is C14H12F3NO2. The Hall–Kier alpha value is -2.24. The first-order chi connectivity index (χ1) is 9.47. The number of carbonyl (C=O) groups excluding carboxylic acids is 1. The van der Waals surface area contributed by atoms with Crippen LogP contribution in [0.25, 0.3) is 0 Å². The number of benzene rings is 1. The number of hydrogen-bond acceptors (Lipinski definition) is 2. The second-order valence-corrected chi connectivity index (χ2v) is 4.22. The molecule has 0 saturated heterocycles. The monoisotopic (exact) mass is 283 g/mol. The van der Waals surface area contributed by atoms with Crippen LogP contribution in [0.3, 0.4) is 0 Å². The molecule has 0 unspecified atom stereocenters. The largest absolute Gasteiger partial charge is 0.472 e. The molecule has 0 aliphatic rings. The first kappa shape index (κ1) is 14.2. The van der Waals surface area contributed by atoms with Crippen molar-refractivity contribution in [2.24, 2.45) is 0 Å². The lowest BCUT2D eigenvalue weighted by Crippen LogP contribution is -2.25. The Labute approximate surface area is 113 Å². The Morgan fingerprint density at radius 1 is 1.25 bits per heavy atom. The second-order valence-electron chi connectivity index (χ2n) is 4.22. The number of rotatable bonds is 4. The van der Waals surface area contributed by atoms with E-state index in [1.165, 1.54) is 18.4 Å². The molecule has 0 saturated carbocycles. The molecular weight excluding hydrogens is 271 g/mol. The molecule has 1 aromatic carbocycles. The maximum atomic E-state index is 12.5. The predicted molar refractivity (Wildman–Crippen MR) is 66.2 cm³/mol. The Kier molecular flexibility index (Phi) is 4.12. The van der Waals surface area contributed by atoms with E-state index < -0.39 is 17.6 Å². The molecule has 2 rings (SSSR count). The highest BCUT2D eigenvalue weighted by Gasteiger charge is 2.30. The van der Waals surface area contributed by atoms with Crippen molar-refractivity contribution in [2.45, 2.75) is 12.6 Å². The van der Waals surface area contributed by atoms with Gasteiger partial charge in [-0.15, -0.1) is 0 Å². The van der Waals surface area contributed by atoms with Crippen molar-refractivity contribution in [3.05, 3.63) is 59.5 Å². The number of furan rings is 1. The van der Waals surface area contributed by atoms with Gasteiger partial charge in [-0.3, -0.25) is 4.79 Å². The van der Waals surface area contributed by atoms with Crippen LogP contribution in [0.15, 0.2) is 47.3 Å². The van der Waals surface area contributed by atoms with E-state index in [4.69, 9.17) is 4.42 Å². The van der Waals surface area contributed by atoms with Gasteiger partial charge in [0.15, 0.2) is 0 Å². The van der Waals surface area contributed by atoms with Crippen LogP contribution < -0.4 is 5.32 Å². The van der Waals surface area contributed by atoms with Crippen molar-refractivity contribution in [1.29, 1.82) is 0 Å². The number of amides is 1. The highest BCUT2D eigenvalue weighted by atomic mass is 19.4. The zero-order valence-corrected chi connectivity index (χ0v) is 10.4. The molecule has 0 fully saturated rings. The van der Waals surface area contributed by atoms with Gasteiger partial charge in [-0.1, -0.05) is 6.07 Å². The van der Waals surface area contributed by atoms with E-state index in [1.54, 1.807) is 12.3 Å². The summed E-state index contributed by atoms with van der Waals surface area (Å²) in [5.74, 6) is -0.528. The van der Waals surface area contributed by atoms with E-state index in [9.17, 15) is 18.0 Å². The Morgan fingerprint density at radius 3 is 2.70 bits per heavy atom. The summed E-state index contributed by atoms with van der Waals surface area (Å²) in [5.41, 5.74) is 0.0707. The fourth-order valence-corrected chi connectivity index (χ4v) is 1.69. The van der Waals surface area contributed by atoms with Gasteiger partial charge in [-0.25, -0.2) is 0 Å². The SMILES string of the molecule is O=C(NCCc1ccoc1)c1cccc(C(F)(F)F)c1. The molecule has 0 bridgehead atoms. The normalized spacial score (nSPS) is 11.3. The minimum Gasteiger partial charge on any atom is -0.472 e. The van der Waals surface area contributed by atoms with Crippen molar-refractivity contribution in [3.8, 4) is 0 Å². The number of halogens is 3. The van der Waals surface area contributed by atoms with Crippen LogP contribution in [0.1, 0.15) is 21.5 Å². The van der Waals surface area contributed by atoms with Gasteiger partial charge in [-0.2, -0.15) is 13.2 Å². The van der Waals surface area contributed by atoms with Crippen LogP contribution in [-0.2, 0) is 12.6 Å². The minimum absolute atomic E-state index is 0.00739. The van der Waals surface area contributed by atoms with Crippen molar-refractivity contribution in [1.82, 2.24) is 5.32 Å². The van der Waals surface area contributed by atoms with E-state index in [0.29, 0.717) is 13.0 Å². The highest BCUT2D eigenvalue weighted by molar-refractivity contribution is 5.94. The molecule has 20 heavy (non-hydrogen) atoms. The molecule has 1 heterocycles. The highest BCUT2D eigenvalue weighted by Crippen LogP contribution is 2.29. The third-order valence-corrected chi connectivity index (χ3v) is 2.73. The maximum absolute atomic E-state index is 12.5. The van der Waals surface area contributed by atoms with Gasteiger partial charge in [-0.05, 0) is 36.2 Å². The van der Waals surface area contributed by atoms with Gasteiger partial charge in [0.25, 0.3) is 5.91 Å². The molecule has 0 radical (unpaired) electrons. The van der Waals surface area contributed by atoms with Crippen LogP contribution in [0.2, 0.25) is 0 Å². The predicted octanol–water partition coefficient (Wildman–Crippen LogP) is 3.27. The summed E-state index contributed by atoms with van der Waals surface area (Å²) in [6, 6.07) is 6.10. The molecule has 1 N–H and O–H groups in total. The maximum Gasteiger partial charge on any atom is 0.416 e. The lowest BCUT2D eigenvalue weighted by molar-refractivity contribution is -0.137. The summed E-state index contributed by atoms with van der Waals surface area (Å²) >= 11 is 0. The van der Waals surface area contributed by atoms with Crippen LogP contribution in [0.4, 0.5) is 13.2 Å². The number of nitrogens with one attached hydrogen (secondary N) is 1. The molecule has 3 nitrogen and oxygen atoms in total. The summed E-state index contributed by atoms with van der Waals surface area (Å²) in [6.45, 7) is 0.328. The van der Waals surface area contributed by atoms with Gasteiger partial charge in [0.2, 0.25) is 0 Å². The average molecular weight is 283 g/mol. The van der Waals surface area contributed by atoms with Crippen molar-refractivity contribution in [3.63, 3.8) is 0 Å². The average Bonchev–Trinajstić information content (AvgIpc) is 2.91. The molecule has 0 aliphatic carbocycles. The zero-order valence-electron chi connectivity index (χ0n) is 10.4. The standard InChI is InChI=1S/C14H12F3NO2/c15-14(16,17)12-3-1-2-11(8-12)13(19)18-6-4-10-5-7-20-9-10/h1-3,5,7-9H,4,6H2,(H,18,19). The fraction of sp³-hybridized carbons (Fsp3) is 0.214. The molecule has 0 aliphatic heterocycles. The van der Waals surface area contributed by atoms with Gasteiger partial charge in [0, 0.05) is 12.1 Å². The number of alkyl halides is 3. The van der Waals surface area contributed by atoms with Crippen LogP contribution in [0, 0.1) is 0 Å². The Balaban J connectivity index is 1.95. The third kappa shape index (κ3) is 3.63. The first-order valence-corrected chi connectivity index (χ1v) is 5.93. The van der Waals surface area contributed by atoms with Crippen LogP contribution in [-0.4, -0.2) is 12.5 Å². The Morgan fingerprint density at radius 2 is 2.05 bits per heavy atom. The summed E-state index contributed by atoms with van der Waals surface area (Å²) in [6.07, 6.45) is -0.825. The van der Waals surface area contributed by atoms with E-state index in [-0.39, 0.29) is 5.56 Å². The molecule has 1 aromatic heterocycles. The lowest BCUT2D eigenvalue weighted by Gasteiger charge is -2.09. The zero-order chi connectivity index (χ0) is 14.6. The van der Waals surface area contributed by atoms with Crippen molar-refractivity contribution in [2.75, 3.05) is 6.54 Å². The smallest absolute Gasteiger partial charge is 0.416 e. The van der Waals surface area contributed by atoms with Crippen molar-refractivity contribution >= 4 is 5.91 Å². The van der Waals surface area contributed by atoms with E-state index in [1.807, 2.05) is 0 Å². The summed E-state index contributed by atoms with van der Waals surface area (Å²) in [4.78, 5) is 11.8. The second kappa shape index (κ2) is 5.81. The first-order valence-electron chi connectivity index (χ1n) is 5.93. The van der Waals surface area contributed by atoms with Crippen LogP contribution >= 0.6 is 0 Å². The number of carbonyl (C=O) groups is 1. The van der Waals surface area contributed by atoms with Crippen molar-refractivity contribution < 1.29 is 22.4 Å². The van der Waals surface area contributed by atoms with Gasteiger partial charge >= 0.3 is 6.18 Å². The van der Waals surface area contributed by atoms with Gasteiger partial charge in [0.1, 0.15) is 0 Å². The van der Waals surface area contributed by atoms with Crippen LogP contribution in [0.5, 0.6) is 0 Å². The molecule has 6 heteroatoms. The summed E-state index contributed by atoms with van der Waals surface area (Å²) in [5, 5.41) is 2.57. The molecule has 106 valence electrons. The van der Waals surface area contributed by atoms with E-state index >= 15 is 0 Å². The third-order valence-electron chi connectivity index (χ3n) is 2.73. The van der Waals surface area contributed by atoms with E-state index in [2.05, 4.69) is 5.32 Å². The minimum atomic E-state index is -4.45. The summed E-state index contributed by atoms with van der Waals surface area (Å²) < 4.78 is 42.5. The molecule has 1 amide bonds. The summed E-state index contributed by atoms with van der Waals surface area (Å²) in [7, 11) is 0.